The molecule has 0 aromatic rings. The zero-order chi connectivity index (χ0) is 17.9. The van der Waals surface area contributed by atoms with Gasteiger partial charge in [0.2, 0.25) is 0 Å². The topological polar surface area (TPSA) is 74.6 Å². The fourth-order valence-electron chi connectivity index (χ4n) is 6.52. The van der Waals surface area contributed by atoms with Crippen molar-refractivity contribution in [1.29, 1.82) is 0 Å². The van der Waals surface area contributed by atoms with Crippen molar-refractivity contribution < 1.29 is 19.8 Å². The van der Waals surface area contributed by atoms with Gasteiger partial charge < -0.3 is 10.2 Å². The molecule has 4 aliphatic carbocycles. The number of carbonyl (C=O) groups is 2. The van der Waals surface area contributed by atoms with E-state index in [0.717, 1.165) is 12.8 Å². The third-order valence-electron chi connectivity index (χ3n) is 7.84. The Hall–Kier alpha value is -1.00. The maximum absolute atomic E-state index is 13.2. The third kappa shape index (κ3) is 1.76. The van der Waals surface area contributed by atoms with Gasteiger partial charge in [-0.1, -0.05) is 26.8 Å². The van der Waals surface area contributed by atoms with Crippen LogP contribution < -0.4 is 0 Å². The molecule has 2 N–H and O–H groups in total. The summed E-state index contributed by atoms with van der Waals surface area (Å²) in [7, 11) is 0. The van der Waals surface area contributed by atoms with Crippen LogP contribution >= 0.6 is 0 Å². The Labute approximate surface area is 143 Å². The molecule has 0 radical (unpaired) electrons. The molecule has 0 saturated heterocycles. The Morgan fingerprint density at radius 1 is 1.08 bits per heavy atom. The molecule has 0 aromatic heterocycles. The molecule has 7 atom stereocenters. The molecule has 0 heterocycles. The number of fused-ring (bicyclic) bond motifs is 4. The largest absolute Gasteiger partial charge is 0.382 e. The summed E-state index contributed by atoms with van der Waals surface area (Å²) in [5.41, 5.74) is -2.77. The Kier molecular flexibility index (Phi) is 2.89. The van der Waals surface area contributed by atoms with Crippen LogP contribution in [0.15, 0.2) is 11.6 Å². The van der Waals surface area contributed by atoms with Crippen LogP contribution in [0.1, 0.15) is 53.9 Å². The van der Waals surface area contributed by atoms with Gasteiger partial charge in [-0.05, 0) is 55.8 Å². The zero-order valence-electron chi connectivity index (χ0n) is 15.2. The monoisotopic (exact) mass is 332 g/mol. The molecule has 132 valence electrons. The molecular formula is C20H28O4. The molecule has 0 aliphatic heterocycles. The second kappa shape index (κ2) is 4.21. The SMILES string of the molecule is CC1(C)[C@@H]2[C@@H]3[C@](C)(C=C4C(=O)[C@@](C)(O)C[C@@H]4C(=O)[C@@]3(C)O)CC[C@@H]21. The highest BCUT2D eigenvalue weighted by atomic mass is 16.3. The van der Waals surface area contributed by atoms with Gasteiger partial charge >= 0.3 is 0 Å². The van der Waals surface area contributed by atoms with Crippen molar-refractivity contribution >= 4 is 11.6 Å². The van der Waals surface area contributed by atoms with E-state index in [1.54, 1.807) is 6.92 Å². The highest BCUT2D eigenvalue weighted by molar-refractivity contribution is 6.11. The Balaban J connectivity index is 1.89. The lowest BCUT2D eigenvalue weighted by Crippen LogP contribution is -2.53. The summed E-state index contributed by atoms with van der Waals surface area (Å²) < 4.78 is 0. The van der Waals surface area contributed by atoms with Crippen molar-refractivity contribution in [3.63, 3.8) is 0 Å². The first-order valence-electron chi connectivity index (χ1n) is 9.11. The molecule has 24 heavy (non-hydrogen) atoms. The van der Waals surface area contributed by atoms with Crippen molar-refractivity contribution in [1.82, 2.24) is 0 Å². The van der Waals surface area contributed by atoms with Crippen LogP contribution in [-0.4, -0.2) is 33.0 Å². The van der Waals surface area contributed by atoms with E-state index in [-0.39, 0.29) is 34.7 Å². The molecule has 0 amide bonds. The Morgan fingerprint density at radius 2 is 1.71 bits per heavy atom. The van der Waals surface area contributed by atoms with Crippen molar-refractivity contribution in [2.75, 3.05) is 0 Å². The van der Waals surface area contributed by atoms with Crippen LogP contribution in [0.5, 0.6) is 0 Å². The number of aliphatic hydroxyl groups is 2. The second-order valence-electron chi connectivity index (χ2n) is 9.95. The lowest BCUT2D eigenvalue weighted by Gasteiger charge is -2.45. The van der Waals surface area contributed by atoms with Crippen LogP contribution in [0.4, 0.5) is 0 Å². The number of hydrogen-bond acceptors (Lipinski definition) is 4. The molecule has 3 fully saturated rings. The van der Waals surface area contributed by atoms with Gasteiger partial charge in [0, 0.05) is 11.5 Å². The summed E-state index contributed by atoms with van der Waals surface area (Å²) in [5.74, 6) is -0.605. The van der Waals surface area contributed by atoms with Crippen LogP contribution in [0, 0.1) is 34.5 Å². The van der Waals surface area contributed by atoms with Crippen molar-refractivity contribution in [2.45, 2.75) is 65.1 Å². The van der Waals surface area contributed by atoms with Gasteiger partial charge in [-0.3, -0.25) is 9.59 Å². The zero-order valence-corrected chi connectivity index (χ0v) is 15.2. The maximum atomic E-state index is 13.2. The van der Waals surface area contributed by atoms with E-state index in [1.165, 1.54) is 6.92 Å². The summed E-state index contributed by atoms with van der Waals surface area (Å²) in [6, 6.07) is 0. The molecule has 0 aromatic carbocycles. The lowest BCUT2D eigenvalue weighted by atomic mass is 9.60. The molecular weight excluding hydrogens is 304 g/mol. The van der Waals surface area contributed by atoms with Crippen LogP contribution in [0.3, 0.4) is 0 Å². The normalized spacial score (nSPS) is 55.2. The second-order valence-corrected chi connectivity index (χ2v) is 9.95. The first-order valence-corrected chi connectivity index (χ1v) is 9.11. The molecule has 0 spiro atoms. The van der Waals surface area contributed by atoms with Gasteiger partial charge in [-0.2, -0.15) is 0 Å². The molecule has 4 rings (SSSR count). The minimum absolute atomic E-state index is 0.0902. The van der Waals surface area contributed by atoms with Gasteiger partial charge in [0.15, 0.2) is 11.6 Å². The van der Waals surface area contributed by atoms with E-state index in [4.69, 9.17) is 0 Å². The minimum atomic E-state index is -1.50. The molecule has 0 bridgehead atoms. The van der Waals surface area contributed by atoms with Crippen molar-refractivity contribution in [3.05, 3.63) is 11.6 Å². The van der Waals surface area contributed by atoms with Crippen LogP contribution in [0.25, 0.3) is 0 Å². The number of rotatable bonds is 0. The average Bonchev–Trinajstić information content (AvgIpc) is 2.94. The quantitative estimate of drug-likeness (QED) is 0.714. The van der Waals surface area contributed by atoms with E-state index >= 15 is 0 Å². The van der Waals surface area contributed by atoms with Gasteiger partial charge in [-0.15, -0.1) is 0 Å². The molecule has 4 heteroatoms. The van der Waals surface area contributed by atoms with E-state index in [2.05, 4.69) is 20.8 Å². The third-order valence-corrected chi connectivity index (χ3v) is 7.84. The van der Waals surface area contributed by atoms with E-state index in [9.17, 15) is 19.8 Å². The average molecular weight is 332 g/mol. The molecule has 0 unspecified atom stereocenters. The van der Waals surface area contributed by atoms with E-state index in [0.29, 0.717) is 17.4 Å². The van der Waals surface area contributed by atoms with Crippen LogP contribution in [0.2, 0.25) is 0 Å². The molecule has 3 saturated carbocycles. The first-order chi connectivity index (χ1) is 10.8. The Bertz CT molecular complexity index is 684. The van der Waals surface area contributed by atoms with E-state index in [1.807, 2.05) is 6.08 Å². The van der Waals surface area contributed by atoms with Gasteiger partial charge in [0.1, 0.15) is 11.2 Å². The van der Waals surface area contributed by atoms with Gasteiger partial charge in [-0.25, -0.2) is 0 Å². The van der Waals surface area contributed by atoms with E-state index < -0.39 is 17.1 Å². The Morgan fingerprint density at radius 3 is 2.33 bits per heavy atom. The van der Waals surface area contributed by atoms with Crippen molar-refractivity contribution in [2.24, 2.45) is 34.5 Å². The highest BCUT2D eigenvalue weighted by Gasteiger charge is 2.72. The molecule has 4 nitrogen and oxygen atoms in total. The summed E-state index contributed by atoms with van der Waals surface area (Å²) in [4.78, 5) is 25.9. The summed E-state index contributed by atoms with van der Waals surface area (Å²) in [6.07, 6.45) is 3.98. The summed E-state index contributed by atoms with van der Waals surface area (Å²) >= 11 is 0. The number of hydrogen-bond donors (Lipinski definition) is 2. The predicted octanol–water partition coefficient (Wildman–Crippen LogP) is 2.28. The number of carbonyl (C=O) groups excluding carboxylic acids is 2. The number of ketones is 2. The maximum Gasteiger partial charge on any atom is 0.190 e. The van der Waals surface area contributed by atoms with Crippen molar-refractivity contribution in [3.8, 4) is 0 Å². The summed E-state index contributed by atoms with van der Waals surface area (Å²) in [6.45, 7) is 9.66. The highest BCUT2D eigenvalue weighted by Crippen LogP contribution is 2.73. The van der Waals surface area contributed by atoms with Gasteiger partial charge in [0.25, 0.3) is 0 Å². The van der Waals surface area contributed by atoms with Gasteiger partial charge in [0.05, 0.1) is 5.92 Å². The number of Topliss-reactive ketones (excluding diaryl/α,β-unsaturated/α-hetero) is 2. The summed E-state index contributed by atoms with van der Waals surface area (Å²) in [5, 5.41) is 21.7. The first kappa shape index (κ1) is 16.5. The van der Waals surface area contributed by atoms with Crippen LogP contribution in [-0.2, 0) is 9.59 Å². The number of allylic oxidation sites excluding steroid dienone is 1. The standard InChI is InChI=1S/C20H28O4/c1-17(2)12-6-7-18(3)8-10-11(9-19(4,23)15(10)21)16(22)20(5,24)14(18)13(12)17/h8,11-14,23-24H,6-7,9H2,1-5H3/t11-,12-,13-,14+,18-,19-,20-/m0/s1. The fourth-order valence-corrected chi connectivity index (χ4v) is 6.52. The predicted molar refractivity (Wildman–Crippen MR) is 89.0 cm³/mol. The minimum Gasteiger partial charge on any atom is -0.382 e. The molecule has 4 aliphatic rings. The lowest BCUT2D eigenvalue weighted by molar-refractivity contribution is -0.152. The smallest absolute Gasteiger partial charge is 0.190 e. The fraction of sp³-hybridized carbons (Fsp3) is 0.800.